The van der Waals surface area contributed by atoms with Crippen molar-refractivity contribution < 1.29 is 4.39 Å². The minimum absolute atomic E-state index is 0.273. The Morgan fingerprint density at radius 1 is 0.957 bits per heavy atom. The Labute approximate surface area is 141 Å². The van der Waals surface area contributed by atoms with Gasteiger partial charge in [0.05, 0.1) is 22.8 Å². The monoisotopic (exact) mass is 372 g/mol. The molecule has 0 fully saturated rings. The molecule has 0 aliphatic carbocycles. The average Bonchev–Trinajstić information content (AvgIpc) is 2.82. The third kappa shape index (κ3) is 3.37. The summed E-state index contributed by atoms with van der Waals surface area (Å²) >= 11 is 3.39. The van der Waals surface area contributed by atoms with Crippen LogP contribution in [0.15, 0.2) is 63.2 Å². The second-order valence-corrected chi connectivity index (χ2v) is 6.00. The molecule has 0 aliphatic rings. The van der Waals surface area contributed by atoms with Gasteiger partial charge in [-0.05, 0) is 62.4 Å². The summed E-state index contributed by atoms with van der Waals surface area (Å²) in [7, 11) is 0. The van der Waals surface area contributed by atoms with Crippen molar-refractivity contribution in [1.29, 1.82) is 0 Å². The molecule has 2 aromatic carbocycles. The molecule has 0 saturated heterocycles. The molecule has 116 valence electrons. The first-order valence-corrected chi connectivity index (χ1v) is 7.83. The number of halogens is 2. The van der Waals surface area contributed by atoms with Crippen LogP contribution in [0.25, 0.3) is 5.69 Å². The highest BCUT2D eigenvalue weighted by Gasteiger charge is 2.12. The average molecular weight is 373 g/mol. The van der Waals surface area contributed by atoms with Gasteiger partial charge in [-0.15, -0.1) is 5.11 Å². The molecular weight excluding hydrogens is 359 g/mol. The Balaban J connectivity index is 1.94. The van der Waals surface area contributed by atoms with Crippen LogP contribution in [0.3, 0.4) is 0 Å². The van der Waals surface area contributed by atoms with Gasteiger partial charge in [-0.2, -0.15) is 10.2 Å². The fourth-order valence-electron chi connectivity index (χ4n) is 2.23. The maximum atomic E-state index is 13.1. The molecule has 0 radical (unpaired) electrons. The minimum atomic E-state index is -0.273. The summed E-state index contributed by atoms with van der Waals surface area (Å²) in [6.07, 6.45) is 0. The van der Waals surface area contributed by atoms with Gasteiger partial charge in [0.2, 0.25) is 0 Å². The van der Waals surface area contributed by atoms with Crippen molar-refractivity contribution in [3.8, 4) is 5.69 Å². The SMILES string of the molecule is Cc1nn(-c2ccc(F)cc2)c(C)c1N=Nc1ccc(Br)cc1. The number of aryl methyl sites for hydroxylation is 1. The number of azo groups is 1. The molecule has 23 heavy (non-hydrogen) atoms. The van der Waals surface area contributed by atoms with Gasteiger partial charge in [-0.25, -0.2) is 9.07 Å². The third-order valence-corrected chi connectivity index (χ3v) is 3.95. The van der Waals surface area contributed by atoms with Gasteiger partial charge in [0.15, 0.2) is 0 Å². The van der Waals surface area contributed by atoms with Crippen LogP contribution in [-0.2, 0) is 0 Å². The predicted octanol–water partition coefficient (Wildman–Crippen LogP) is 5.81. The molecule has 0 N–H and O–H groups in total. The standard InChI is InChI=1S/C17H14BrFN4/c1-11-17(21-20-15-7-3-13(18)4-8-15)12(2)23(22-11)16-9-5-14(19)6-10-16/h3-10H,1-2H3. The molecule has 0 atom stereocenters. The van der Waals surface area contributed by atoms with Gasteiger partial charge < -0.3 is 0 Å². The van der Waals surface area contributed by atoms with E-state index in [-0.39, 0.29) is 5.82 Å². The lowest BCUT2D eigenvalue weighted by molar-refractivity contribution is 0.627. The van der Waals surface area contributed by atoms with Crippen LogP contribution >= 0.6 is 15.9 Å². The van der Waals surface area contributed by atoms with E-state index < -0.39 is 0 Å². The summed E-state index contributed by atoms with van der Waals surface area (Å²) in [6.45, 7) is 3.79. The zero-order valence-corrected chi connectivity index (χ0v) is 14.2. The lowest BCUT2D eigenvalue weighted by Crippen LogP contribution is -1.98. The van der Waals surface area contributed by atoms with E-state index in [1.165, 1.54) is 12.1 Å². The van der Waals surface area contributed by atoms with E-state index in [1.54, 1.807) is 16.8 Å². The summed E-state index contributed by atoms with van der Waals surface area (Å²) in [5.74, 6) is -0.273. The second kappa shape index (κ2) is 6.42. The molecule has 1 heterocycles. The molecule has 3 aromatic rings. The summed E-state index contributed by atoms with van der Waals surface area (Å²) in [4.78, 5) is 0. The maximum absolute atomic E-state index is 13.1. The van der Waals surface area contributed by atoms with Crippen molar-refractivity contribution in [2.75, 3.05) is 0 Å². The Kier molecular flexibility index (Phi) is 4.34. The number of aromatic nitrogens is 2. The smallest absolute Gasteiger partial charge is 0.130 e. The maximum Gasteiger partial charge on any atom is 0.130 e. The van der Waals surface area contributed by atoms with Crippen LogP contribution in [0.5, 0.6) is 0 Å². The van der Waals surface area contributed by atoms with Crippen LogP contribution < -0.4 is 0 Å². The van der Waals surface area contributed by atoms with Gasteiger partial charge >= 0.3 is 0 Å². The van der Waals surface area contributed by atoms with Crippen molar-refractivity contribution >= 4 is 27.3 Å². The van der Waals surface area contributed by atoms with E-state index >= 15 is 0 Å². The van der Waals surface area contributed by atoms with E-state index in [1.807, 2.05) is 38.1 Å². The highest BCUT2D eigenvalue weighted by Crippen LogP contribution is 2.28. The zero-order chi connectivity index (χ0) is 16.4. The molecule has 6 heteroatoms. The summed E-state index contributed by atoms with van der Waals surface area (Å²) < 4.78 is 15.8. The summed E-state index contributed by atoms with van der Waals surface area (Å²) in [5, 5.41) is 13.0. The number of hydrogen-bond donors (Lipinski definition) is 0. The van der Waals surface area contributed by atoms with E-state index in [0.717, 1.165) is 32.9 Å². The molecule has 0 unspecified atom stereocenters. The van der Waals surface area contributed by atoms with E-state index in [0.29, 0.717) is 0 Å². The lowest BCUT2D eigenvalue weighted by Gasteiger charge is -2.03. The van der Waals surface area contributed by atoms with Gasteiger partial charge in [0.1, 0.15) is 11.5 Å². The van der Waals surface area contributed by atoms with Crippen LogP contribution in [0, 0.1) is 19.7 Å². The molecule has 0 amide bonds. The highest BCUT2D eigenvalue weighted by atomic mass is 79.9. The van der Waals surface area contributed by atoms with Crippen molar-refractivity contribution in [2.45, 2.75) is 13.8 Å². The first kappa shape index (κ1) is 15.6. The van der Waals surface area contributed by atoms with E-state index in [9.17, 15) is 4.39 Å². The largest absolute Gasteiger partial charge is 0.236 e. The molecule has 4 nitrogen and oxygen atoms in total. The molecule has 0 aliphatic heterocycles. The summed E-state index contributed by atoms with van der Waals surface area (Å²) in [5.41, 5.74) is 3.90. The molecule has 0 spiro atoms. The second-order valence-electron chi connectivity index (χ2n) is 5.08. The van der Waals surface area contributed by atoms with Crippen LogP contribution in [0.1, 0.15) is 11.4 Å². The van der Waals surface area contributed by atoms with Gasteiger partial charge in [-0.3, -0.25) is 0 Å². The first-order chi connectivity index (χ1) is 11.0. The number of nitrogens with zero attached hydrogens (tertiary/aromatic N) is 4. The van der Waals surface area contributed by atoms with Crippen molar-refractivity contribution in [3.05, 3.63) is 70.2 Å². The molecule has 1 aromatic heterocycles. The fourth-order valence-corrected chi connectivity index (χ4v) is 2.49. The topological polar surface area (TPSA) is 42.5 Å². The molecular formula is C17H14BrFN4. The van der Waals surface area contributed by atoms with Crippen LogP contribution in [0.4, 0.5) is 15.8 Å². The third-order valence-electron chi connectivity index (χ3n) is 3.42. The molecule has 0 saturated carbocycles. The van der Waals surface area contributed by atoms with Crippen LogP contribution in [0.2, 0.25) is 0 Å². The Morgan fingerprint density at radius 3 is 2.26 bits per heavy atom. The lowest BCUT2D eigenvalue weighted by atomic mass is 10.3. The summed E-state index contributed by atoms with van der Waals surface area (Å²) in [6, 6.07) is 13.8. The molecule has 0 bridgehead atoms. The van der Waals surface area contributed by atoms with Crippen LogP contribution in [-0.4, -0.2) is 9.78 Å². The quantitative estimate of drug-likeness (QED) is 0.535. The normalized spacial score (nSPS) is 11.3. The Morgan fingerprint density at radius 2 is 1.61 bits per heavy atom. The van der Waals surface area contributed by atoms with E-state index in [4.69, 9.17) is 0 Å². The minimum Gasteiger partial charge on any atom is -0.236 e. The van der Waals surface area contributed by atoms with Gasteiger partial charge in [-0.1, -0.05) is 15.9 Å². The van der Waals surface area contributed by atoms with E-state index in [2.05, 4.69) is 31.3 Å². The fraction of sp³-hybridized carbons (Fsp3) is 0.118. The van der Waals surface area contributed by atoms with Crippen molar-refractivity contribution in [2.24, 2.45) is 10.2 Å². The van der Waals surface area contributed by atoms with Crippen molar-refractivity contribution in [1.82, 2.24) is 9.78 Å². The Hall–Kier alpha value is -2.34. The number of rotatable bonds is 3. The number of benzene rings is 2. The number of hydrogen-bond acceptors (Lipinski definition) is 3. The Bertz CT molecular complexity index is 852. The first-order valence-electron chi connectivity index (χ1n) is 7.04. The highest BCUT2D eigenvalue weighted by molar-refractivity contribution is 9.10. The van der Waals surface area contributed by atoms with Gasteiger partial charge in [0, 0.05) is 4.47 Å². The van der Waals surface area contributed by atoms with Crippen molar-refractivity contribution in [3.63, 3.8) is 0 Å². The van der Waals surface area contributed by atoms with Gasteiger partial charge in [0.25, 0.3) is 0 Å². The zero-order valence-electron chi connectivity index (χ0n) is 12.7. The predicted molar refractivity (Wildman–Crippen MR) is 91.3 cm³/mol. The molecule has 3 rings (SSSR count).